The van der Waals surface area contributed by atoms with Crippen LogP contribution in [-0.2, 0) is 4.79 Å². The molecule has 0 radical (unpaired) electrons. The Balaban J connectivity index is 1.85. The van der Waals surface area contributed by atoms with E-state index in [1.807, 2.05) is 0 Å². The molecule has 1 amide bonds. The first-order valence-electron chi connectivity index (χ1n) is 7.90. The Bertz CT molecular complexity index is 313. The Morgan fingerprint density at radius 1 is 1.16 bits per heavy atom. The number of nitrogens with zero attached hydrogens (tertiary/aromatic N) is 1. The molecule has 2 heterocycles. The average molecular weight is 266 g/mol. The van der Waals surface area contributed by atoms with Crippen molar-refractivity contribution in [3.63, 3.8) is 0 Å². The zero-order chi connectivity index (χ0) is 14.0. The maximum absolute atomic E-state index is 12.6. The highest BCUT2D eigenvalue weighted by atomic mass is 16.2. The quantitative estimate of drug-likeness (QED) is 0.791. The van der Waals surface area contributed by atoms with Crippen LogP contribution in [-0.4, -0.2) is 36.5 Å². The Kier molecular flexibility index (Phi) is 4.54. The van der Waals surface area contributed by atoms with Gasteiger partial charge < -0.3 is 10.2 Å². The molecule has 2 aliphatic heterocycles. The normalized spacial score (nSPS) is 30.4. The van der Waals surface area contributed by atoms with Crippen LogP contribution in [0, 0.1) is 17.3 Å². The lowest BCUT2D eigenvalue weighted by Crippen LogP contribution is -2.47. The molecule has 2 aliphatic rings. The standard InChI is InChI=1S/C16H30N2O/c1-12-11-13(5-8-17-12)15(19)18-9-6-14(7-10-18)16(2,3)4/h12-14,17H,5-11H2,1-4H3/t12-,13-/m0/s1. The van der Waals surface area contributed by atoms with Crippen molar-refractivity contribution in [2.45, 2.75) is 59.4 Å². The molecule has 0 saturated carbocycles. The fraction of sp³-hybridized carbons (Fsp3) is 0.938. The number of amides is 1. The fourth-order valence-corrected chi connectivity index (χ4v) is 3.58. The number of likely N-dealkylation sites (tertiary alicyclic amines) is 1. The number of piperidine rings is 2. The fourth-order valence-electron chi connectivity index (χ4n) is 3.58. The van der Waals surface area contributed by atoms with Crippen molar-refractivity contribution in [3.05, 3.63) is 0 Å². The van der Waals surface area contributed by atoms with Crippen LogP contribution < -0.4 is 5.32 Å². The largest absolute Gasteiger partial charge is 0.342 e. The second-order valence-electron chi connectivity index (χ2n) is 7.54. The van der Waals surface area contributed by atoms with Crippen molar-refractivity contribution in [1.82, 2.24) is 10.2 Å². The SMILES string of the molecule is C[C@H]1C[C@@H](C(=O)N2CCC(C(C)(C)C)CC2)CCN1. The highest BCUT2D eigenvalue weighted by Crippen LogP contribution is 2.35. The van der Waals surface area contributed by atoms with E-state index in [0.29, 0.717) is 17.4 Å². The van der Waals surface area contributed by atoms with Crippen molar-refractivity contribution < 1.29 is 4.79 Å². The maximum Gasteiger partial charge on any atom is 0.225 e. The molecular weight excluding hydrogens is 236 g/mol. The van der Waals surface area contributed by atoms with E-state index in [0.717, 1.165) is 38.4 Å². The van der Waals surface area contributed by atoms with Crippen molar-refractivity contribution in [2.24, 2.45) is 17.3 Å². The van der Waals surface area contributed by atoms with Crippen LogP contribution in [0.3, 0.4) is 0 Å². The van der Waals surface area contributed by atoms with Crippen LogP contribution in [0.15, 0.2) is 0 Å². The minimum atomic E-state index is 0.266. The van der Waals surface area contributed by atoms with E-state index < -0.39 is 0 Å². The summed E-state index contributed by atoms with van der Waals surface area (Å²) in [7, 11) is 0. The monoisotopic (exact) mass is 266 g/mol. The van der Waals surface area contributed by atoms with Crippen molar-refractivity contribution in [2.75, 3.05) is 19.6 Å². The lowest BCUT2D eigenvalue weighted by molar-refractivity contribution is -0.138. The maximum atomic E-state index is 12.6. The first kappa shape index (κ1) is 14.8. The smallest absolute Gasteiger partial charge is 0.225 e. The van der Waals surface area contributed by atoms with Gasteiger partial charge in [-0.3, -0.25) is 4.79 Å². The van der Waals surface area contributed by atoms with Crippen LogP contribution in [0.4, 0.5) is 0 Å². The van der Waals surface area contributed by atoms with E-state index in [-0.39, 0.29) is 5.92 Å². The van der Waals surface area contributed by atoms with Crippen molar-refractivity contribution in [1.29, 1.82) is 0 Å². The summed E-state index contributed by atoms with van der Waals surface area (Å²) < 4.78 is 0. The van der Waals surface area contributed by atoms with Crippen LogP contribution in [0.5, 0.6) is 0 Å². The Labute approximate surface area is 118 Å². The molecule has 0 aromatic rings. The molecule has 2 saturated heterocycles. The zero-order valence-corrected chi connectivity index (χ0v) is 13.0. The van der Waals surface area contributed by atoms with E-state index in [1.54, 1.807) is 0 Å². The van der Waals surface area contributed by atoms with Gasteiger partial charge in [0.2, 0.25) is 5.91 Å². The Hall–Kier alpha value is -0.570. The summed E-state index contributed by atoms with van der Waals surface area (Å²) >= 11 is 0. The molecule has 19 heavy (non-hydrogen) atoms. The van der Waals surface area contributed by atoms with Gasteiger partial charge in [-0.05, 0) is 50.5 Å². The molecule has 3 nitrogen and oxygen atoms in total. The van der Waals surface area contributed by atoms with Crippen molar-refractivity contribution >= 4 is 5.91 Å². The molecule has 0 spiro atoms. The van der Waals surface area contributed by atoms with Crippen LogP contribution in [0.1, 0.15) is 53.4 Å². The number of rotatable bonds is 1. The minimum Gasteiger partial charge on any atom is -0.342 e. The molecule has 1 N–H and O–H groups in total. The van der Waals surface area contributed by atoms with Crippen LogP contribution >= 0.6 is 0 Å². The third kappa shape index (κ3) is 3.71. The van der Waals surface area contributed by atoms with Crippen LogP contribution in [0.25, 0.3) is 0 Å². The summed E-state index contributed by atoms with van der Waals surface area (Å²) in [4.78, 5) is 14.7. The molecule has 0 unspecified atom stereocenters. The van der Waals surface area contributed by atoms with E-state index in [4.69, 9.17) is 0 Å². The van der Waals surface area contributed by atoms with E-state index in [9.17, 15) is 4.79 Å². The lowest BCUT2D eigenvalue weighted by atomic mass is 9.75. The molecule has 2 rings (SSSR count). The molecule has 3 heteroatoms. The summed E-state index contributed by atoms with van der Waals surface area (Å²) in [6, 6.07) is 0.495. The summed E-state index contributed by atoms with van der Waals surface area (Å²) in [5, 5.41) is 3.43. The molecule has 0 bridgehead atoms. The summed E-state index contributed by atoms with van der Waals surface area (Å²) in [5.41, 5.74) is 0.387. The second-order valence-corrected chi connectivity index (χ2v) is 7.54. The van der Waals surface area contributed by atoms with Crippen molar-refractivity contribution in [3.8, 4) is 0 Å². The first-order valence-corrected chi connectivity index (χ1v) is 7.90. The molecule has 0 aromatic carbocycles. The van der Waals surface area contributed by atoms with Gasteiger partial charge in [-0.15, -0.1) is 0 Å². The second kappa shape index (κ2) is 5.82. The summed E-state index contributed by atoms with van der Waals surface area (Å²) in [5.74, 6) is 1.45. The summed E-state index contributed by atoms with van der Waals surface area (Å²) in [6.45, 7) is 12.1. The van der Waals surface area contributed by atoms with Gasteiger partial charge >= 0.3 is 0 Å². The average Bonchev–Trinajstić information content (AvgIpc) is 2.37. The third-order valence-electron chi connectivity index (χ3n) is 5.00. The molecule has 0 aromatic heterocycles. The van der Waals surface area contributed by atoms with Crippen LogP contribution in [0.2, 0.25) is 0 Å². The van der Waals surface area contributed by atoms with Gasteiger partial charge in [0.05, 0.1) is 0 Å². The first-order chi connectivity index (χ1) is 8.88. The van der Waals surface area contributed by atoms with E-state index in [2.05, 4.69) is 37.9 Å². The minimum absolute atomic E-state index is 0.266. The predicted octanol–water partition coefficient (Wildman–Crippen LogP) is 2.66. The predicted molar refractivity (Wildman–Crippen MR) is 78.9 cm³/mol. The topological polar surface area (TPSA) is 32.3 Å². The third-order valence-corrected chi connectivity index (χ3v) is 5.00. The Morgan fingerprint density at radius 2 is 1.79 bits per heavy atom. The molecular formula is C16H30N2O. The van der Waals surface area contributed by atoms with E-state index >= 15 is 0 Å². The zero-order valence-electron chi connectivity index (χ0n) is 13.0. The van der Waals surface area contributed by atoms with Gasteiger partial charge in [0.15, 0.2) is 0 Å². The number of hydrogen-bond donors (Lipinski definition) is 1. The number of nitrogens with one attached hydrogen (secondary N) is 1. The highest BCUT2D eigenvalue weighted by Gasteiger charge is 2.33. The van der Waals surface area contributed by atoms with E-state index in [1.165, 1.54) is 12.8 Å². The van der Waals surface area contributed by atoms with Gasteiger partial charge in [-0.25, -0.2) is 0 Å². The summed E-state index contributed by atoms with van der Waals surface area (Å²) in [6.07, 6.45) is 4.38. The van der Waals surface area contributed by atoms with Gasteiger partial charge in [-0.1, -0.05) is 20.8 Å². The van der Waals surface area contributed by atoms with Gasteiger partial charge in [0.25, 0.3) is 0 Å². The van der Waals surface area contributed by atoms with Gasteiger partial charge in [0, 0.05) is 25.0 Å². The molecule has 2 fully saturated rings. The van der Waals surface area contributed by atoms with Gasteiger partial charge in [0.1, 0.15) is 0 Å². The molecule has 110 valence electrons. The Morgan fingerprint density at radius 3 is 2.32 bits per heavy atom. The number of hydrogen-bond acceptors (Lipinski definition) is 2. The molecule has 2 atom stereocenters. The number of carbonyl (C=O) groups is 1. The highest BCUT2D eigenvalue weighted by molar-refractivity contribution is 5.79. The number of carbonyl (C=O) groups excluding carboxylic acids is 1. The lowest BCUT2D eigenvalue weighted by Gasteiger charge is -2.40. The molecule has 0 aliphatic carbocycles. The van der Waals surface area contributed by atoms with Gasteiger partial charge in [-0.2, -0.15) is 0 Å².